The summed E-state index contributed by atoms with van der Waals surface area (Å²) < 4.78 is 7.23. The van der Waals surface area contributed by atoms with Crippen LogP contribution in [0.3, 0.4) is 0 Å². The van der Waals surface area contributed by atoms with Gasteiger partial charge in [0.2, 0.25) is 0 Å². The normalized spacial score (nSPS) is 13.9. The number of rotatable bonds is 6. The van der Waals surface area contributed by atoms with Gasteiger partial charge in [0.15, 0.2) is 11.0 Å². The van der Waals surface area contributed by atoms with Crippen molar-refractivity contribution in [1.29, 1.82) is 0 Å². The van der Waals surface area contributed by atoms with Gasteiger partial charge in [-0.25, -0.2) is 4.98 Å². The lowest BCUT2D eigenvalue weighted by Gasteiger charge is -2.25. The zero-order valence-corrected chi connectivity index (χ0v) is 21.0. The van der Waals surface area contributed by atoms with Crippen LogP contribution < -0.4 is 0 Å². The standard InChI is InChI=1S/C23H19Cl2N5O2S2/c24-16-6-2-1-5-15(16)21-27-28-23(30(21)19-8-4-3-7-17(19)25)34-14-20-26-18(13-33-20)22(31)29-9-11-32-12-10-29/h1-8,13H,9-12,14H2. The van der Waals surface area contributed by atoms with Crippen molar-refractivity contribution in [3.05, 3.63) is 74.7 Å². The molecule has 11 heteroatoms. The molecule has 1 aliphatic heterocycles. The summed E-state index contributed by atoms with van der Waals surface area (Å²) >= 11 is 15.9. The summed E-state index contributed by atoms with van der Waals surface area (Å²) in [6.45, 7) is 2.30. The summed E-state index contributed by atoms with van der Waals surface area (Å²) in [5.41, 5.74) is 1.98. The number of nitrogens with zero attached hydrogens (tertiary/aromatic N) is 5. The molecule has 3 heterocycles. The molecule has 2 aromatic carbocycles. The highest BCUT2D eigenvalue weighted by atomic mass is 35.5. The molecule has 4 aromatic rings. The van der Waals surface area contributed by atoms with Crippen LogP contribution in [0.4, 0.5) is 0 Å². The maximum Gasteiger partial charge on any atom is 0.273 e. The van der Waals surface area contributed by atoms with Gasteiger partial charge in [0.05, 0.1) is 34.7 Å². The van der Waals surface area contributed by atoms with E-state index in [1.165, 1.54) is 23.1 Å². The topological polar surface area (TPSA) is 73.1 Å². The van der Waals surface area contributed by atoms with E-state index in [0.717, 1.165) is 16.3 Å². The molecule has 7 nitrogen and oxygen atoms in total. The highest BCUT2D eigenvalue weighted by Gasteiger charge is 2.22. The lowest BCUT2D eigenvalue weighted by molar-refractivity contribution is 0.0299. The van der Waals surface area contributed by atoms with Gasteiger partial charge < -0.3 is 9.64 Å². The Bertz CT molecular complexity index is 1320. The third-order valence-corrected chi connectivity index (χ3v) is 7.86. The number of carbonyl (C=O) groups is 1. The molecule has 0 bridgehead atoms. The van der Waals surface area contributed by atoms with Crippen molar-refractivity contribution >= 4 is 52.2 Å². The zero-order valence-electron chi connectivity index (χ0n) is 17.9. The van der Waals surface area contributed by atoms with E-state index in [2.05, 4.69) is 15.2 Å². The fourth-order valence-corrected chi connectivity index (χ4v) is 5.73. The molecule has 5 rings (SSSR count). The van der Waals surface area contributed by atoms with Crippen molar-refractivity contribution in [3.63, 3.8) is 0 Å². The van der Waals surface area contributed by atoms with E-state index in [1.54, 1.807) is 4.90 Å². The Kier molecular flexibility index (Phi) is 7.17. The highest BCUT2D eigenvalue weighted by Crippen LogP contribution is 2.35. The number of thiazole rings is 1. The number of halogens is 2. The average Bonchev–Trinajstić information content (AvgIpc) is 3.51. The molecule has 0 N–H and O–H groups in total. The van der Waals surface area contributed by atoms with Crippen LogP contribution in [-0.2, 0) is 10.5 Å². The van der Waals surface area contributed by atoms with Crippen LogP contribution >= 0.6 is 46.3 Å². The van der Waals surface area contributed by atoms with Crippen molar-refractivity contribution in [2.45, 2.75) is 10.9 Å². The average molecular weight is 532 g/mol. The van der Waals surface area contributed by atoms with Gasteiger partial charge in [-0.15, -0.1) is 21.5 Å². The molecule has 174 valence electrons. The number of benzene rings is 2. The second-order valence-corrected chi connectivity index (χ2v) is 10.1. The molecule has 0 spiro atoms. The Morgan fingerprint density at radius 1 is 1.03 bits per heavy atom. The van der Waals surface area contributed by atoms with Crippen LogP contribution in [0.2, 0.25) is 10.0 Å². The number of aromatic nitrogens is 4. The molecule has 0 saturated carbocycles. The van der Waals surface area contributed by atoms with Gasteiger partial charge >= 0.3 is 0 Å². The first-order valence-corrected chi connectivity index (χ1v) is 13.1. The SMILES string of the molecule is O=C(c1csc(CSc2nnc(-c3ccccc3Cl)n2-c2ccccc2Cl)n1)N1CCOCC1. The van der Waals surface area contributed by atoms with E-state index in [1.807, 2.05) is 58.5 Å². The number of amides is 1. The predicted molar refractivity (Wildman–Crippen MR) is 135 cm³/mol. The lowest BCUT2D eigenvalue weighted by Crippen LogP contribution is -2.40. The smallest absolute Gasteiger partial charge is 0.273 e. The number of hydrogen-bond acceptors (Lipinski definition) is 7. The summed E-state index contributed by atoms with van der Waals surface area (Å²) in [7, 11) is 0. The third-order valence-electron chi connectivity index (χ3n) is 5.24. The summed E-state index contributed by atoms with van der Waals surface area (Å²) in [6.07, 6.45) is 0. The lowest BCUT2D eigenvalue weighted by atomic mass is 10.2. The summed E-state index contributed by atoms with van der Waals surface area (Å²) in [5, 5.41) is 13.3. The largest absolute Gasteiger partial charge is 0.378 e. The molecule has 2 aromatic heterocycles. The van der Waals surface area contributed by atoms with Crippen LogP contribution in [0.15, 0.2) is 59.1 Å². The van der Waals surface area contributed by atoms with Gasteiger partial charge in [0.1, 0.15) is 10.7 Å². The van der Waals surface area contributed by atoms with Gasteiger partial charge in [-0.05, 0) is 24.3 Å². The van der Waals surface area contributed by atoms with Crippen molar-refractivity contribution < 1.29 is 9.53 Å². The van der Waals surface area contributed by atoms with Gasteiger partial charge in [0, 0.05) is 24.0 Å². The summed E-state index contributed by atoms with van der Waals surface area (Å²) in [5.74, 6) is 1.08. The summed E-state index contributed by atoms with van der Waals surface area (Å²) in [6, 6.07) is 15.0. The molecular weight excluding hydrogens is 513 g/mol. The highest BCUT2D eigenvalue weighted by molar-refractivity contribution is 7.98. The van der Waals surface area contributed by atoms with E-state index in [9.17, 15) is 4.79 Å². The fraction of sp³-hybridized carbons (Fsp3) is 0.217. The maximum absolute atomic E-state index is 12.7. The third kappa shape index (κ3) is 4.85. The number of hydrogen-bond donors (Lipinski definition) is 0. The van der Waals surface area contributed by atoms with Crippen molar-refractivity contribution in [3.8, 4) is 17.1 Å². The zero-order chi connectivity index (χ0) is 23.5. The fourth-order valence-electron chi connectivity index (χ4n) is 3.56. The second kappa shape index (κ2) is 10.5. The predicted octanol–water partition coefficient (Wildman–Crippen LogP) is 5.46. The Morgan fingerprint density at radius 3 is 2.53 bits per heavy atom. The van der Waals surface area contributed by atoms with Crippen LogP contribution in [-0.4, -0.2) is 56.9 Å². The Balaban J connectivity index is 1.42. The number of carbonyl (C=O) groups excluding carboxylic acids is 1. The van der Waals surface area contributed by atoms with E-state index in [-0.39, 0.29) is 5.91 Å². The van der Waals surface area contributed by atoms with Gasteiger partial charge in [-0.2, -0.15) is 0 Å². The summed E-state index contributed by atoms with van der Waals surface area (Å²) in [4.78, 5) is 19.0. The maximum atomic E-state index is 12.7. The van der Waals surface area contributed by atoms with E-state index in [0.29, 0.717) is 58.8 Å². The van der Waals surface area contributed by atoms with E-state index in [4.69, 9.17) is 27.9 Å². The van der Waals surface area contributed by atoms with Crippen molar-refractivity contribution in [2.75, 3.05) is 26.3 Å². The molecule has 1 amide bonds. The Hall–Kier alpha value is -2.43. The van der Waals surface area contributed by atoms with Crippen LogP contribution in [0.5, 0.6) is 0 Å². The number of morpholine rings is 1. The van der Waals surface area contributed by atoms with Gasteiger partial charge in [-0.3, -0.25) is 9.36 Å². The van der Waals surface area contributed by atoms with Crippen molar-refractivity contribution in [2.24, 2.45) is 0 Å². The molecule has 0 radical (unpaired) electrons. The molecule has 0 atom stereocenters. The molecule has 34 heavy (non-hydrogen) atoms. The molecule has 1 fully saturated rings. The minimum Gasteiger partial charge on any atom is -0.378 e. The van der Waals surface area contributed by atoms with E-state index >= 15 is 0 Å². The quantitative estimate of drug-likeness (QED) is 0.307. The Labute approximate surface area is 214 Å². The van der Waals surface area contributed by atoms with E-state index < -0.39 is 0 Å². The monoisotopic (exact) mass is 531 g/mol. The molecule has 0 aliphatic carbocycles. The Morgan fingerprint density at radius 2 is 1.76 bits per heavy atom. The second-order valence-electron chi connectivity index (χ2n) is 7.39. The number of para-hydroxylation sites is 1. The number of ether oxygens (including phenoxy) is 1. The first-order chi connectivity index (χ1) is 16.6. The first kappa shape index (κ1) is 23.3. The molecule has 0 unspecified atom stereocenters. The van der Waals surface area contributed by atoms with Crippen LogP contribution in [0.1, 0.15) is 15.5 Å². The van der Waals surface area contributed by atoms with Gasteiger partial charge in [-0.1, -0.05) is 59.2 Å². The number of thioether (sulfide) groups is 1. The van der Waals surface area contributed by atoms with Crippen molar-refractivity contribution in [1.82, 2.24) is 24.6 Å². The molecule has 1 saturated heterocycles. The van der Waals surface area contributed by atoms with Gasteiger partial charge in [0.25, 0.3) is 5.91 Å². The minimum atomic E-state index is -0.0592. The van der Waals surface area contributed by atoms with Crippen LogP contribution in [0, 0.1) is 0 Å². The first-order valence-electron chi connectivity index (χ1n) is 10.5. The molecule has 1 aliphatic rings. The van der Waals surface area contributed by atoms with Crippen LogP contribution in [0.25, 0.3) is 17.1 Å². The minimum absolute atomic E-state index is 0.0592. The molecular formula is C23H19Cl2N5O2S2.